The highest BCUT2D eigenvalue weighted by atomic mass is 16.5. The van der Waals surface area contributed by atoms with Gasteiger partial charge in [0, 0.05) is 5.69 Å². The number of rotatable bonds is 5. The normalized spacial score (nSPS) is 10.6. The highest BCUT2D eigenvalue weighted by Crippen LogP contribution is 2.19. The number of esters is 1. The van der Waals surface area contributed by atoms with Gasteiger partial charge in [0.25, 0.3) is 17.0 Å². The molecule has 0 bridgehead atoms. The lowest BCUT2D eigenvalue weighted by molar-refractivity contribution is -0.148. The maximum Gasteiger partial charge on any atom is 0.328 e. The van der Waals surface area contributed by atoms with Gasteiger partial charge in [-0.05, 0) is 37.1 Å². The number of H-pyrrole nitrogens is 1. The molecule has 0 fully saturated rings. The Morgan fingerprint density at radius 2 is 1.64 bits per heavy atom. The van der Waals surface area contributed by atoms with E-state index in [-0.39, 0.29) is 10.8 Å². The summed E-state index contributed by atoms with van der Waals surface area (Å²) < 4.78 is 5.81. The van der Waals surface area contributed by atoms with Gasteiger partial charge in [-0.1, -0.05) is 30.3 Å². The molecule has 0 aliphatic carbocycles. The second-order valence-corrected chi connectivity index (χ2v) is 6.35. The number of hydrogen-bond acceptors (Lipinski definition) is 5. The van der Waals surface area contributed by atoms with Crippen LogP contribution in [0.15, 0.2) is 52.1 Å². The molecule has 0 saturated heterocycles. The summed E-state index contributed by atoms with van der Waals surface area (Å²) in [6.07, 6.45) is 0. The number of ether oxygens (including phenoxy) is 1. The third kappa shape index (κ3) is 4.01. The number of nitrogens with one attached hydrogen (secondary N) is 2. The Morgan fingerprint density at radius 1 is 1.00 bits per heavy atom. The molecule has 8 heteroatoms. The molecule has 0 spiro atoms. The maximum atomic E-state index is 12.4. The second kappa shape index (κ2) is 7.91. The van der Waals surface area contributed by atoms with Gasteiger partial charge in [-0.15, -0.1) is 0 Å². The Bertz CT molecular complexity index is 1160. The van der Waals surface area contributed by atoms with Gasteiger partial charge in [0.2, 0.25) is 0 Å². The van der Waals surface area contributed by atoms with Gasteiger partial charge in [0.05, 0.1) is 10.8 Å². The van der Waals surface area contributed by atoms with Crippen LogP contribution in [0.2, 0.25) is 0 Å². The van der Waals surface area contributed by atoms with Crippen LogP contribution in [-0.2, 0) is 20.9 Å². The zero-order valence-electron chi connectivity index (χ0n) is 15.4. The molecule has 144 valence electrons. The summed E-state index contributed by atoms with van der Waals surface area (Å²) >= 11 is 0. The average molecular weight is 381 g/mol. The van der Waals surface area contributed by atoms with Gasteiger partial charge in [-0.25, -0.2) is 4.68 Å². The van der Waals surface area contributed by atoms with Gasteiger partial charge in [-0.2, -0.15) is 0 Å². The summed E-state index contributed by atoms with van der Waals surface area (Å²) in [6, 6.07) is 11.9. The molecule has 0 atom stereocenters. The van der Waals surface area contributed by atoms with E-state index in [1.54, 1.807) is 12.1 Å². The predicted octanol–water partition coefficient (Wildman–Crippen LogP) is 1.49. The summed E-state index contributed by atoms with van der Waals surface area (Å²) in [7, 11) is 0. The van der Waals surface area contributed by atoms with Crippen LogP contribution >= 0.6 is 0 Å². The number of aromatic amines is 1. The summed E-state index contributed by atoms with van der Waals surface area (Å²) in [4.78, 5) is 48.5. The van der Waals surface area contributed by atoms with E-state index < -0.39 is 36.1 Å². The van der Waals surface area contributed by atoms with Crippen LogP contribution < -0.4 is 16.4 Å². The lowest BCUT2D eigenvalue weighted by atomic mass is 10.1. The van der Waals surface area contributed by atoms with Crippen molar-refractivity contribution in [3.8, 4) is 0 Å². The number of anilines is 1. The van der Waals surface area contributed by atoms with Crippen molar-refractivity contribution >= 4 is 28.3 Å². The van der Waals surface area contributed by atoms with Crippen molar-refractivity contribution in [2.75, 3.05) is 11.9 Å². The Kier molecular flexibility index (Phi) is 5.39. The number of carbonyl (C=O) groups is 2. The molecule has 0 unspecified atom stereocenters. The molecule has 3 aromatic rings. The fourth-order valence-corrected chi connectivity index (χ4v) is 2.87. The lowest BCUT2D eigenvalue weighted by Crippen LogP contribution is -2.33. The summed E-state index contributed by atoms with van der Waals surface area (Å²) in [6.45, 7) is 2.71. The molecule has 3 rings (SSSR count). The molecule has 8 nitrogen and oxygen atoms in total. The van der Waals surface area contributed by atoms with Crippen molar-refractivity contribution in [3.05, 3.63) is 74.3 Å². The van der Waals surface area contributed by atoms with E-state index in [0.29, 0.717) is 5.69 Å². The fourth-order valence-electron chi connectivity index (χ4n) is 2.87. The zero-order chi connectivity index (χ0) is 20.3. The van der Waals surface area contributed by atoms with E-state index in [1.807, 2.05) is 32.0 Å². The van der Waals surface area contributed by atoms with Crippen LogP contribution in [0.1, 0.15) is 11.1 Å². The SMILES string of the molecule is Cc1cccc(C)c1NC(=O)COC(=O)Cn1[nH]c(=O)c2ccccc2c1=O. The van der Waals surface area contributed by atoms with E-state index in [4.69, 9.17) is 4.74 Å². The molecule has 2 N–H and O–H groups in total. The van der Waals surface area contributed by atoms with Crippen molar-refractivity contribution in [1.82, 2.24) is 9.78 Å². The van der Waals surface area contributed by atoms with Gasteiger partial charge >= 0.3 is 5.97 Å². The van der Waals surface area contributed by atoms with Gasteiger partial charge in [-0.3, -0.25) is 24.3 Å². The quantitative estimate of drug-likeness (QED) is 0.651. The minimum atomic E-state index is -0.815. The molecule has 1 heterocycles. The monoisotopic (exact) mass is 381 g/mol. The number of amides is 1. The standard InChI is InChI=1S/C20H19N3O5/c1-12-6-5-7-13(2)18(12)21-16(24)11-28-17(25)10-23-20(27)15-9-4-3-8-14(15)19(26)22-23/h3-9H,10-11H2,1-2H3,(H,21,24)(H,22,26). The van der Waals surface area contributed by atoms with E-state index >= 15 is 0 Å². The number of aromatic nitrogens is 2. The number of nitrogens with zero attached hydrogens (tertiary/aromatic N) is 1. The topological polar surface area (TPSA) is 110 Å². The van der Waals surface area contributed by atoms with Crippen LogP contribution in [0.25, 0.3) is 10.8 Å². The molecule has 2 aromatic carbocycles. The largest absolute Gasteiger partial charge is 0.454 e. The first-order valence-corrected chi connectivity index (χ1v) is 8.60. The van der Waals surface area contributed by atoms with Crippen LogP contribution in [-0.4, -0.2) is 28.3 Å². The minimum Gasteiger partial charge on any atom is -0.454 e. The second-order valence-electron chi connectivity index (χ2n) is 6.35. The van der Waals surface area contributed by atoms with Gasteiger partial charge in [0.1, 0.15) is 6.54 Å². The number of fused-ring (bicyclic) bond motifs is 1. The minimum absolute atomic E-state index is 0.201. The summed E-state index contributed by atoms with van der Waals surface area (Å²) in [5.74, 6) is -1.31. The molecular weight excluding hydrogens is 362 g/mol. The number of carbonyl (C=O) groups excluding carboxylic acids is 2. The molecule has 0 aliphatic rings. The van der Waals surface area contributed by atoms with E-state index in [9.17, 15) is 19.2 Å². The third-order valence-corrected chi connectivity index (χ3v) is 4.28. The molecule has 28 heavy (non-hydrogen) atoms. The summed E-state index contributed by atoms with van der Waals surface area (Å²) in [5, 5.41) is 5.48. The molecule has 0 saturated carbocycles. The predicted molar refractivity (Wildman–Crippen MR) is 104 cm³/mol. The Labute approximate surface area is 159 Å². The van der Waals surface area contributed by atoms with E-state index in [0.717, 1.165) is 15.8 Å². The number of hydrogen-bond donors (Lipinski definition) is 2. The highest BCUT2D eigenvalue weighted by molar-refractivity contribution is 5.94. The van der Waals surface area contributed by atoms with E-state index in [2.05, 4.69) is 10.4 Å². The fraction of sp³-hybridized carbons (Fsp3) is 0.200. The first kappa shape index (κ1) is 19.1. The first-order chi connectivity index (χ1) is 13.4. The van der Waals surface area contributed by atoms with Crippen molar-refractivity contribution in [2.24, 2.45) is 0 Å². The molecule has 0 radical (unpaired) electrons. The molecule has 1 aromatic heterocycles. The van der Waals surface area contributed by atoms with Crippen LogP contribution in [0, 0.1) is 13.8 Å². The van der Waals surface area contributed by atoms with Gasteiger partial charge < -0.3 is 10.1 Å². The molecule has 0 aliphatic heterocycles. The maximum absolute atomic E-state index is 12.4. The Morgan fingerprint density at radius 3 is 2.32 bits per heavy atom. The van der Waals surface area contributed by atoms with Crippen molar-refractivity contribution in [3.63, 3.8) is 0 Å². The number of benzene rings is 2. The number of para-hydroxylation sites is 1. The smallest absolute Gasteiger partial charge is 0.328 e. The number of aryl methyl sites for hydroxylation is 2. The van der Waals surface area contributed by atoms with Crippen molar-refractivity contribution in [1.29, 1.82) is 0 Å². The van der Waals surface area contributed by atoms with Crippen molar-refractivity contribution in [2.45, 2.75) is 20.4 Å². The first-order valence-electron chi connectivity index (χ1n) is 8.60. The highest BCUT2D eigenvalue weighted by Gasteiger charge is 2.13. The Balaban J connectivity index is 1.66. The van der Waals surface area contributed by atoms with Crippen molar-refractivity contribution < 1.29 is 14.3 Å². The zero-order valence-corrected chi connectivity index (χ0v) is 15.4. The van der Waals surface area contributed by atoms with Gasteiger partial charge in [0.15, 0.2) is 6.61 Å². The summed E-state index contributed by atoms with van der Waals surface area (Å²) in [5.41, 5.74) is 1.43. The average Bonchev–Trinajstić information content (AvgIpc) is 2.67. The van der Waals surface area contributed by atoms with Crippen LogP contribution in [0.5, 0.6) is 0 Å². The molecular formula is C20H19N3O5. The third-order valence-electron chi connectivity index (χ3n) is 4.28. The lowest BCUT2D eigenvalue weighted by Gasteiger charge is -2.12. The molecule has 1 amide bonds. The van der Waals surface area contributed by atoms with E-state index in [1.165, 1.54) is 12.1 Å². The van der Waals surface area contributed by atoms with Crippen LogP contribution in [0.3, 0.4) is 0 Å². The Hall–Kier alpha value is -3.68. The van der Waals surface area contributed by atoms with Crippen LogP contribution in [0.4, 0.5) is 5.69 Å².